The van der Waals surface area contributed by atoms with E-state index in [0.717, 1.165) is 0 Å². The van der Waals surface area contributed by atoms with Crippen LogP contribution in [-0.4, -0.2) is 15.8 Å². The lowest BCUT2D eigenvalue weighted by molar-refractivity contribution is 0.0992. The van der Waals surface area contributed by atoms with Crippen LogP contribution < -0.4 is 5.14 Å². The summed E-state index contributed by atoms with van der Waals surface area (Å²) in [6.45, 7) is 0. The van der Waals surface area contributed by atoms with E-state index in [2.05, 4.69) is 0 Å². The zero-order valence-corrected chi connectivity index (χ0v) is 8.41. The molecule has 1 aromatic carbocycles. The average molecular weight is 221 g/mol. The molecule has 0 radical (unpaired) electrons. The molecule has 0 saturated heterocycles. The first kappa shape index (κ1) is 9.95. The molecule has 4 nitrogen and oxygen atoms in total. The molecule has 15 heavy (non-hydrogen) atoms. The maximum absolute atomic E-state index is 11.5. The molecule has 1 atom stereocenters. The zero-order valence-electron chi connectivity index (χ0n) is 7.60. The molecule has 5 heteroatoms. The van der Waals surface area contributed by atoms with E-state index in [1.807, 2.05) is 0 Å². The number of carbonyl (C=O) groups is 2. The Morgan fingerprint density at radius 1 is 1.07 bits per heavy atom. The van der Waals surface area contributed by atoms with Crippen LogP contribution in [0, 0.1) is 0 Å². The van der Waals surface area contributed by atoms with Crippen molar-refractivity contribution in [3.8, 4) is 0 Å². The third-order valence-corrected chi connectivity index (χ3v) is 2.91. The molecular weight excluding hydrogens is 214 g/mol. The normalized spacial score (nSPS) is 16.3. The van der Waals surface area contributed by atoms with Crippen molar-refractivity contribution in [1.82, 2.24) is 0 Å². The van der Waals surface area contributed by atoms with Crippen LogP contribution in [0.2, 0.25) is 0 Å². The summed E-state index contributed by atoms with van der Waals surface area (Å²) in [4.78, 5) is 23.2. The Morgan fingerprint density at radius 3 is 2.40 bits per heavy atom. The molecule has 0 fully saturated rings. The van der Waals surface area contributed by atoms with E-state index in [-0.39, 0.29) is 27.6 Å². The number of hydrogen-bond acceptors (Lipinski definition) is 3. The van der Waals surface area contributed by atoms with Crippen molar-refractivity contribution in [3.63, 3.8) is 0 Å². The Hall–Kier alpha value is -1.59. The number of hydrogen-bond donors (Lipinski definition) is 1. The average Bonchev–Trinajstić information content (AvgIpc) is 2.23. The summed E-state index contributed by atoms with van der Waals surface area (Å²) in [5.74, 6) is -0.601. The lowest BCUT2D eigenvalue weighted by atomic mass is 9.95. The molecule has 1 aliphatic rings. The second kappa shape index (κ2) is 3.52. The fraction of sp³-hybridized carbons (Fsp3) is 0. The first-order valence-electron chi connectivity index (χ1n) is 4.17. The predicted molar refractivity (Wildman–Crippen MR) is 54.8 cm³/mol. The van der Waals surface area contributed by atoms with E-state index >= 15 is 0 Å². The number of allylic oxidation sites excluding steroid dienone is 2. The highest BCUT2D eigenvalue weighted by molar-refractivity contribution is 7.82. The summed E-state index contributed by atoms with van der Waals surface area (Å²) in [5, 5.41) is 5.23. The van der Waals surface area contributed by atoms with E-state index in [4.69, 9.17) is 5.14 Å². The number of rotatable bonds is 1. The van der Waals surface area contributed by atoms with Gasteiger partial charge in [0.2, 0.25) is 0 Å². The van der Waals surface area contributed by atoms with Gasteiger partial charge >= 0.3 is 0 Å². The van der Waals surface area contributed by atoms with Gasteiger partial charge in [-0.3, -0.25) is 9.59 Å². The molecule has 0 amide bonds. The molecule has 76 valence electrons. The van der Waals surface area contributed by atoms with Crippen LogP contribution in [0.25, 0.3) is 0 Å². The SMILES string of the molecule is NS(=O)c1cccc2c1C(=O)C=CC2=O. The second-order valence-corrected chi connectivity index (χ2v) is 4.07. The number of nitrogens with two attached hydrogens (primary N) is 1. The quantitative estimate of drug-likeness (QED) is 0.754. The van der Waals surface area contributed by atoms with Crippen LogP contribution in [0.3, 0.4) is 0 Å². The Kier molecular flexibility index (Phi) is 2.34. The fourth-order valence-electron chi connectivity index (χ4n) is 1.48. The van der Waals surface area contributed by atoms with Gasteiger partial charge in [-0.15, -0.1) is 0 Å². The van der Waals surface area contributed by atoms with Gasteiger partial charge in [0.25, 0.3) is 0 Å². The first-order chi connectivity index (χ1) is 7.11. The van der Waals surface area contributed by atoms with Gasteiger partial charge in [0.05, 0.1) is 10.5 Å². The van der Waals surface area contributed by atoms with Crippen LogP contribution in [0.1, 0.15) is 20.7 Å². The lowest BCUT2D eigenvalue weighted by Crippen LogP contribution is -2.17. The Labute approximate surface area is 88.4 Å². The van der Waals surface area contributed by atoms with Crippen molar-refractivity contribution < 1.29 is 13.8 Å². The number of fused-ring (bicyclic) bond motifs is 1. The summed E-state index contributed by atoms with van der Waals surface area (Å²) in [6, 6.07) is 4.57. The standard InChI is InChI=1S/C10H7NO3S/c11-15(14)9-3-1-2-6-7(12)4-5-8(13)10(6)9/h1-5H,11H2. The summed E-state index contributed by atoms with van der Waals surface area (Å²) in [5.41, 5.74) is 0.421. The maximum atomic E-state index is 11.5. The van der Waals surface area contributed by atoms with Gasteiger partial charge in [0.1, 0.15) is 11.0 Å². The molecule has 2 rings (SSSR count). The first-order valence-corrected chi connectivity index (χ1v) is 5.38. The van der Waals surface area contributed by atoms with Crippen LogP contribution in [-0.2, 0) is 11.0 Å². The van der Waals surface area contributed by atoms with Gasteiger partial charge in [0, 0.05) is 5.56 Å². The molecule has 0 aromatic heterocycles. The third-order valence-electron chi connectivity index (χ3n) is 2.14. The highest BCUT2D eigenvalue weighted by Crippen LogP contribution is 2.22. The summed E-state index contributed by atoms with van der Waals surface area (Å²) in [6.07, 6.45) is 2.37. The fourth-order valence-corrected chi connectivity index (χ4v) is 2.11. The van der Waals surface area contributed by atoms with E-state index in [1.54, 1.807) is 6.07 Å². The molecule has 1 unspecified atom stereocenters. The Bertz CT molecular complexity index is 519. The van der Waals surface area contributed by atoms with Gasteiger partial charge in [-0.1, -0.05) is 12.1 Å². The molecule has 2 N–H and O–H groups in total. The van der Waals surface area contributed by atoms with E-state index in [1.165, 1.54) is 24.3 Å². The van der Waals surface area contributed by atoms with E-state index in [0.29, 0.717) is 0 Å². The minimum Gasteiger partial charge on any atom is -0.289 e. The molecule has 0 spiro atoms. The number of carbonyl (C=O) groups excluding carboxylic acids is 2. The van der Waals surface area contributed by atoms with E-state index in [9.17, 15) is 13.8 Å². The van der Waals surface area contributed by atoms with Crippen LogP contribution in [0.5, 0.6) is 0 Å². The van der Waals surface area contributed by atoms with Crippen LogP contribution >= 0.6 is 0 Å². The van der Waals surface area contributed by atoms with Crippen molar-refractivity contribution in [2.45, 2.75) is 4.90 Å². The summed E-state index contributed by atoms with van der Waals surface area (Å²) in [7, 11) is -1.76. The lowest BCUT2D eigenvalue weighted by Gasteiger charge is -2.11. The molecule has 0 aliphatic heterocycles. The van der Waals surface area contributed by atoms with Crippen molar-refractivity contribution in [2.75, 3.05) is 0 Å². The monoisotopic (exact) mass is 221 g/mol. The number of benzene rings is 1. The molecule has 0 saturated carbocycles. The van der Waals surface area contributed by atoms with Gasteiger partial charge < -0.3 is 0 Å². The topological polar surface area (TPSA) is 77.2 Å². The zero-order chi connectivity index (χ0) is 11.0. The van der Waals surface area contributed by atoms with Gasteiger partial charge in [-0.25, -0.2) is 9.35 Å². The highest BCUT2D eigenvalue weighted by Gasteiger charge is 2.23. The van der Waals surface area contributed by atoms with Crippen LogP contribution in [0.4, 0.5) is 0 Å². The predicted octanol–water partition coefficient (Wildman–Crippen LogP) is 0.603. The highest BCUT2D eigenvalue weighted by atomic mass is 32.2. The Morgan fingerprint density at radius 2 is 1.73 bits per heavy atom. The minimum absolute atomic E-state index is 0.158. The minimum atomic E-state index is -1.76. The molecule has 1 aliphatic carbocycles. The molecule has 0 heterocycles. The van der Waals surface area contributed by atoms with Crippen LogP contribution in [0.15, 0.2) is 35.2 Å². The van der Waals surface area contributed by atoms with Crippen molar-refractivity contribution in [1.29, 1.82) is 0 Å². The van der Waals surface area contributed by atoms with Crippen molar-refractivity contribution in [3.05, 3.63) is 41.5 Å². The largest absolute Gasteiger partial charge is 0.289 e. The third kappa shape index (κ3) is 1.55. The van der Waals surface area contributed by atoms with E-state index < -0.39 is 11.0 Å². The molecule has 0 bridgehead atoms. The molecule has 1 aromatic rings. The van der Waals surface area contributed by atoms with Gasteiger partial charge in [0.15, 0.2) is 11.6 Å². The van der Waals surface area contributed by atoms with Gasteiger partial charge in [-0.05, 0) is 18.2 Å². The second-order valence-electron chi connectivity index (χ2n) is 3.04. The molecular formula is C10H7NO3S. The van der Waals surface area contributed by atoms with Crippen molar-refractivity contribution >= 4 is 22.6 Å². The summed E-state index contributed by atoms with van der Waals surface area (Å²) < 4.78 is 11.2. The Balaban J connectivity index is 2.76. The number of ketones is 2. The summed E-state index contributed by atoms with van der Waals surface area (Å²) >= 11 is 0. The maximum Gasteiger partial charge on any atom is 0.187 e. The smallest absolute Gasteiger partial charge is 0.187 e. The van der Waals surface area contributed by atoms with Gasteiger partial charge in [-0.2, -0.15) is 0 Å². The van der Waals surface area contributed by atoms with Crippen molar-refractivity contribution in [2.24, 2.45) is 5.14 Å².